The van der Waals surface area contributed by atoms with Gasteiger partial charge in [0.05, 0.1) is 31.3 Å². The first-order valence-corrected chi connectivity index (χ1v) is 8.23. The van der Waals surface area contributed by atoms with Gasteiger partial charge in [-0.1, -0.05) is 12.1 Å². The number of rotatable bonds is 8. The summed E-state index contributed by atoms with van der Waals surface area (Å²) in [5, 5.41) is 0. The van der Waals surface area contributed by atoms with Crippen molar-refractivity contribution in [3.63, 3.8) is 0 Å². The number of methoxy groups -OCH3 is 2. The number of fused-ring (bicyclic) bond motifs is 1. The van der Waals surface area contributed by atoms with Crippen molar-refractivity contribution in [2.24, 2.45) is 0 Å². The molecule has 8 nitrogen and oxygen atoms in total. The van der Waals surface area contributed by atoms with Crippen molar-refractivity contribution in [3.8, 4) is 0 Å². The summed E-state index contributed by atoms with van der Waals surface area (Å²) in [6.07, 6.45) is 0.0147. The Kier molecular flexibility index (Phi) is 6.46. The van der Waals surface area contributed by atoms with E-state index < -0.39 is 29.7 Å². The number of esters is 1. The summed E-state index contributed by atoms with van der Waals surface area (Å²) in [5.41, 5.74) is 0.574. The average molecular weight is 362 g/mol. The van der Waals surface area contributed by atoms with Gasteiger partial charge in [0.2, 0.25) is 5.91 Å². The molecule has 1 aliphatic heterocycles. The number of hydrogen-bond donors (Lipinski definition) is 0. The predicted octanol–water partition coefficient (Wildman–Crippen LogP) is 0.709. The molecule has 1 aromatic carbocycles. The number of amides is 3. The van der Waals surface area contributed by atoms with E-state index in [4.69, 9.17) is 4.74 Å². The van der Waals surface area contributed by atoms with Crippen molar-refractivity contribution in [1.82, 2.24) is 9.80 Å². The number of nitrogens with zero attached hydrogens (tertiary/aromatic N) is 2. The molecule has 0 radical (unpaired) electrons. The van der Waals surface area contributed by atoms with Crippen LogP contribution in [0.5, 0.6) is 0 Å². The second-order valence-corrected chi connectivity index (χ2v) is 5.85. The van der Waals surface area contributed by atoms with E-state index >= 15 is 0 Å². The van der Waals surface area contributed by atoms with E-state index in [0.29, 0.717) is 0 Å². The first-order chi connectivity index (χ1) is 12.4. The summed E-state index contributed by atoms with van der Waals surface area (Å²) in [6, 6.07) is 5.47. The molecule has 140 valence electrons. The molecule has 0 bridgehead atoms. The van der Waals surface area contributed by atoms with Gasteiger partial charge in [0.25, 0.3) is 11.8 Å². The first-order valence-electron chi connectivity index (χ1n) is 8.23. The van der Waals surface area contributed by atoms with Crippen molar-refractivity contribution in [3.05, 3.63) is 35.4 Å². The largest absolute Gasteiger partial charge is 0.469 e. The van der Waals surface area contributed by atoms with Crippen LogP contribution in [0.3, 0.4) is 0 Å². The van der Waals surface area contributed by atoms with Crippen LogP contribution in [0.1, 0.15) is 34.1 Å². The molecule has 2 rings (SSSR count). The molecule has 1 aromatic rings. The van der Waals surface area contributed by atoms with Gasteiger partial charge in [-0.3, -0.25) is 24.1 Å². The fourth-order valence-corrected chi connectivity index (χ4v) is 2.80. The van der Waals surface area contributed by atoms with Gasteiger partial charge < -0.3 is 14.4 Å². The molecule has 0 aliphatic carbocycles. The van der Waals surface area contributed by atoms with Crippen molar-refractivity contribution in [1.29, 1.82) is 0 Å². The Morgan fingerprint density at radius 1 is 1.08 bits per heavy atom. The molecular weight excluding hydrogens is 340 g/mol. The second-order valence-electron chi connectivity index (χ2n) is 5.85. The molecule has 0 spiro atoms. The number of imide groups is 1. The smallest absolute Gasteiger partial charge is 0.307 e. The zero-order valence-electron chi connectivity index (χ0n) is 15.1. The number of benzene rings is 1. The third-order valence-electron chi connectivity index (χ3n) is 4.26. The lowest BCUT2D eigenvalue weighted by Crippen LogP contribution is -2.50. The van der Waals surface area contributed by atoms with Crippen molar-refractivity contribution < 1.29 is 28.7 Å². The Morgan fingerprint density at radius 3 is 2.15 bits per heavy atom. The monoisotopic (exact) mass is 362 g/mol. The van der Waals surface area contributed by atoms with Gasteiger partial charge in [0, 0.05) is 20.2 Å². The fourth-order valence-electron chi connectivity index (χ4n) is 2.80. The highest BCUT2D eigenvalue weighted by Gasteiger charge is 2.41. The van der Waals surface area contributed by atoms with E-state index in [9.17, 15) is 19.2 Å². The van der Waals surface area contributed by atoms with Gasteiger partial charge in [-0.15, -0.1) is 0 Å². The van der Waals surface area contributed by atoms with E-state index in [1.54, 1.807) is 24.3 Å². The summed E-state index contributed by atoms with van der Waals surface area (Å²) in [7, 11) is 2.77. The molecular formula is C18H22N2O6. The van der Waals surface area contributed by atoms with Crippen LogP contribution in [0, 0.1) is 0 Å². The van der Waals surface area contributed by atoms with E-state index in [0.717, 1.165) is 4.90 Å². The normalized spacial score (nSPS) is 14.2. The number of carbonyl (C=O) groups excluding carboxylic acids is 4. The lowest BCUT2D eigenvalue weighted by atomic mass is 10.1. The van der Waals surface area contributed by atoms with Crippen LogP contribution in [0.4, 0.5) is 0 Å². The Balaban J connectivity index is 2.16. The molecule has 1 unspecified atom stereocenters. The summed E-state index contributed by atoms with van der Waals surface area (Å²) in [5.74, 6) is -1.87. The lowest BCUT2D eigenvalue weighted by Gasteiger charge is -2.29. The molecule has 1 aliphatic rings. The third kappa shape index (κ3) is 3.91. The van der Waals surface area contributed by atoms with Crippen LogP contribution in [-0.2, 0) is 19.1 Å². The van der Waals surface area contributed by atoms with Gasteiger partial charge >= 0.3 is 5.97 Å². The highest BCUT2D eigenvalue weighted by molar-refractivity contribution is 6.22. The minimum Gasteiger partial charge on any atom is -0.469 e. The van der Waals surface area contributed by atoms with E-state index in [-0.39, 0.29) is 37.2 Å². The molecule has 8 heteroatoms. The molecule has 0 saturated heterocycles. The maximum absolute atomic E-state index is 12.9. The van der Waals surface area contributed by atoms with E-state index in [2.05, 4.69) is 4.74 Å². The summed E-state index contributed by atoms with van der Waals surface area (Å²) >= 11 is 0. The minimum absolute atomic E-state index is 0.0147. The standard InChI is InChI=1S/C18H22N2O6/c1-12(16(22)19(10-11-25-2)9-8-15(21)26-3)20-17(23)13-6-4-5-7-14(13)18(20)24/h4-7,12H,8-11H2,1-3H3. The van der Waals surface area contributed by atoms with Crippen LogP contribution in [-0.4, -0.2) is 73.4 Å². The first kappa shape index (κ1) is 19.6. The van der Waals surface area contributed by atoms with E-state index in [1.807, 2.05) is 0 Å². The predicted molar refractivity (Wildman–Crippen MR) is 91.5 cm³/mol. The topological polar surface area (TPSA) is 93.2 Å². The molecule has 0 aromatic heterocycles. The fraction of sp³-hybridized carbons (Fsp3) is 0.444. The number of hydrogen-bond acceptors (Lipinski definition) is 6. The molecule has 1 atom stereocenters. The van der Waals surface area contributed by atoms with Crippen LogP contribution in [0.2, 0.25) is 0 Å². The highest BCUT2D eigenvalue weighted by Crippen LogP contribution is 2.25. The lowest BCUT2D eigenvalue weighted by molar-refractivity contribution is -0.142. The Morgan fingerprint density at radius 2 is 1.65 bits per heavy atom. The molecule has 0 N–H and O–H groups in total. The second kappa shape index (κ2) is 8.57. The van der Waals surface area contributed by atoms with Crippen LogP contribution in [0.15, 0.2) is 24.3 Å². The molecule has 3 amide bonds. The van der Waals surface area contributed by atoms with Gasteiger partial charge in [0.15, 0.2) is 0 Å². The average Bonchev–Trinajstić information content (AvgIpc) is 2.91. The molecule has 1 heterocycles. The van der Waals surface area contributed by atoms with Gasteiger partial charge in [-0.25, -0.2) is 0 Å². The Hall–Kier alpha value is -2.74. The molecule has 26 heavy (non-hydrogen) atoms. The van der Waals surface area contributed by atoms with Crippen LogP contribution >= 0.6 is 0 Å². The zero-order valence-corrected chi connectivity index (χ0v) is 15.1. The SMILES string of the molecule is COCCN(CCC(=O)OC)C(=O)C(C)N1C(=O)c2ccccc2C1=O. The molecule has 0 fully saturated rings. The maximum Gasteiger partial charge on any atom is 0.307 e. The summed E-state index contributed by atoms with van der Waals surface area (Å²) in [4.78, 5) is 51.7. The van der Waals surface area contributed by atoms with Gasteiger partial charge in [-0.2, -0.15) is 0 Å². The summed E-state index contributed by atoms with van der Waals surface area (Å²) in [6.45, 7) is 2.12. The number of ether oxygens (including phenoxy) is 2. The van der Waals surface area contributed by atoms with Crippen molar-refractivity contribution in [2.45, 2.75) is 19.4 Å². The Bertz CT molecular complexity index is 682. The van der Waals surface area contributed by atoms with Gasteiger partial charge in [-0.05, 0) is 19.1 Å². The number of carbonyl (C=O) groups is 4. The van der Waals surface area contributed by atoms with Crippen molar-refractivity contribution >= 4 is 23.7 Å². The van der Waals surface area contributed by atoms with Crippen LogP contribution in [0.25, 0.3) is 0 Å². The minimum atomic E-state index is -0.989. The zero-order chi connectivity index (χ0) is 19.3. The maximum atomic E-state index is 12.9. The van der Waals surface area contributed by atoms with Crippen molar-refractivity contribution in [2.75, 3.05) is 33.9 Å². The van der Waals surface area contributed by atoms with Crippen LogP contribution < -0.4 is 0 Å². The van der Waals surface area contributed by atoms with Gasteiger partial charge in [0.1, 0.15) is 6.04 Å². The quantitative estimate of drug-likeness (QED) is 0.499. The molecule has 0 saturated carbocycles. The summed E-state index contributed by atoms with van der Waals surface area (Å²) < 4.78 is 9.59. The Labute approximate surface area is 151 Å². The van der Waals surface area contributed by atoms with E-state index in [1.165, 1.54) is 26.0 Å². The highest BCUT2D eigenvalue weighted by atomic mass is 16.5. The third-order valence-corrected chi connectivity index (χ3v) is 4.26.